The minimum atomic E-state index is -4.42. The van der Waals surface area contributed by atoms with Crippen LogP contribution in [0, 0.1) is 0 Å². The summed E-state index contributed by atoms with van der Waals surface area (Å²) in [6.45, 7) is 0. The molecule has 0 atom stereocenters. The van der Waals surface area contributed by atoms with Crippen LogP contribution in [-0.2, 0) is 15.9 Å². The first-order valence-corrected chi connectivity index (χ1v) is 6.80. The SMILES string of the molecule is O=c1[nH]c(-c2ccccc2)nc(O)c1CS(=O)(=O)O. The third kappa shape index (κ3) is 3.18. The lowest BCUT2D eigenvalue weighted by atomic mass is 10.2. The molecule has 0 saturated carbocycles. The number of rotatable bonds is 3. The molecule has 0 saturated heterocycles. The highest BCUT2D eigenvalue weighted by atomic mass is 32.2. The van der Waals surface area contributed by atoms with Gasteiger partial charge in [0.25, 0.3) is 15.7 Å². The van der Waals surface area contributed by atoms with Gasteiger partial charge in [-0.25, -0.2) is 0 Å². The Morgan fingerprint density at radius 1 is 1.21 bits per heavy atom. The van der Waals surface area contributed by atoms with Crippen molar-refractivity contribution < 1.29 is 18.1 Å². The number of hydrogen-bond donors (Lipinski definition) is 3. The number of aromatic hydroxyl groups is 1. The zero-order valence-electron chi connectivity index (χ0n) is 9.57. The average molecular weight is 282 g/mol. The van der Waals surface area contributed by atoms with Crippen molar-refractivity contribution in [1.29, 1.82) is 0 Å². The van der Waals surface area contributed by atoms with Gasteiger partial charge in [0.2, 0.25) is 5.88 Å². The molecule has 3 N–H and O–H groups in total. The largest absolute Gasteiger partial charge is 0.493 e. The first-order valence-electron chi connectivity index (χ1n) is 5.19. The van der Waals surface area contributed by atoms with Crippen molar-refractivity contribution >= 4 is 10.1 Å². The van der Waals surface area contributed by atoms with Gasteiger partial charge >= 0.3 is 0 Å². The van der Waals surface area contributed by atoms with Crippen LogP contribution in [0.5, 0.6) is 5.88 Å². The van der Waals surface area contributed by atoms with Gasteiger partial charge in [0, 0.05) is 5.56 Å². The Balaban J connectivity index is 2.52. The topological polar surface area (TPSA) is 120 Å². The van der Waals surface area contributed by atoms with Crippen molar-refractivity contribution in [2.75, 3.05) is 0 Å². The Bertz CT molecular complexity index is 752. The van der Waals surface area contributed by atoms with E-state index < -0.39 is 32.9 Å². The second-order valence-corrected chi connectivity index (χ2v) is 5.26. The lowest BCUT2D eigenvalue weighted by Crippen LogP contribution is -2.18. The molecule has 1 heterocycles. The summed E-state index contributed by atoms with van der Waals surface area (Å²) in [6.07, 6.45) is 0. The van der Waals surface area contributed by atoms with Crippen molar-refractivity contribution in [3.8, 4) is 17.3 Å². The number of benzene rings is 1. The molecule has 0 aliphatic heterocycles. The maximum Gasteiger partial charge on any atom is 0.269 e. The van der Waals surface area contributed by atoms with E-state index in [0.29, 0.717) is 5.56 Å². The Morgan fingerprint density at radius 2 is 1.84 bits per heavy atom. The molecule has 7 nitrogen and oxygen atoms in total. The second kappa shape index (κ2) is 4.82. The van der Waals surface area contributed by atoms with Crippen molar-refractivity contribution in [2.24, 2.45) is 0 Å². The van der Waals surface area contributed by atoms with E-state index in [1.165, 1.54) is 0 Å². The van der Waals surface area contributed by atoms with Crippen molar-refractivity contribution in [2.45, 2.75) is 5.75 Å². The van der Waals surface area contributed by atoms with Gasteiger partial charge < -0.3 is 10.1 Å². The van der Waals surface area contributed by atoms with Gasteiger partial charge in [-0.1, -0.05) is 30.3 Å². The molecule has 1 aromatic carbocycles. The molecule has 1 aromatic heterocycles. The molecule has 2 rings (SSSR count). The molecule has 0 bridgehead atoms. The first kappa shape index (κ1) is 13.2. The normalized spacial score (nSPS) is 11.4. The van der Waals surface area contributed by atoms with E-state index in [0.717, 1.165) is 0 Å². The van der Waals surface area contributed by atoms with E-state index in [1.807, 2.05) is 0 Å². The molecule has 0 amide bonds. The van der Waals surface area contributed by atoms with Crippen molar-refractivity contribution in [3.63, 3.8) is 0 Å². The van der Waals surface area contributed by atoms with E-state index in [4.69, 9.17) is 4.55 Å². The molecule has 2 aromatic rings. The molecule has 0 aliphatic rings. The van der Waals surface area contributed by atoms with Crippen LogP contribution in [0.4, 0.5) is 0 Å². The lowest BCUT2D eigenvalue weighted by molar-refractivity contribution is 0.441. The summed E-state index contributed by atoms with van der Waals surface area (Å²) in [5.41, 5.74) is -0.750. The third-order valence-corrected chi connectivity index (χ3v) is 3.02. The Kier molecular flexibility index (Phi) is 3.36. The van der Waals surface area contributed by atoms with Gasteiger partial charge in [0.1, 0.15) is 11.6 Å². The quantitative estimate of drug-likeness (QED) is 0.706. The van der Waals surface area contributed by atoms with Gasteiger partial charge in [-0.2, -0.15) is 13.4 Å². The van der Waals surface area contributed by atoms with Gasteiger partial charge in [0.05, 0.1) is 5.56 Å². The number of hydrogen-bond acceptors (Lipinski definition) is 5. The zero-order chi connectivity index (χ0) is 14.0. The summed E-state index contributed by atoms with van der Waals surface area (Å²) in [7, 11) is -4.42. The maximum atomic E-state index is 11.7. The van der Waals surface area contributed by atoms with Gasteiger partial charge in [-0.3, -0.25) is 9.35 Å². The summed E-state index contributed by atoms with van der Waals surface area (Å²) in [5.74, 6) is -1.60. The molecule has 0 fully saturated rings. The number of aromatic amines is 1. The van der Waals surface area contributed by atoms with Crippen LogP contribution in [-0.4, -0.2) is 28.0 Å². The van der Waals surface area contributed by atoms with Crippen LogP contribution >= 0.6 is 0 Å². The van der Waals surface area contributed by atoms with Crippen LogP contribution in [0.3, 0.4) is 0 Å². The summed E-state index contributed by atoms with van der Waals surface area (Å²) in [5, 5.41) is 9.59. The molecule has 19 heavy (non-hydrogen) atoms. The summed E-state index contributed by atoms with van der Waals surface area (Å²) in [6, 6.07) is 8.55. The summed E-state index contributed by atoms with van der Waals surface area (Å²) >= 11 is 0. The van der Waals surface area contributed by atoms with Crippen LogP contribution < -0.4 is 5.56 Å². The van der Waals surface area contributed by atoms with Crippen LogP contribution in [0.2, 0.25) is 0 Å². The van der Waals surface area contributed by atoms with Gasteiger partial charge in [-0.15, -0.1) is 0 Å². The zero-order valence-corrected chi connectivity index (χ0v) is 10.4. The average Bonchev–Trinajstić information content (AvgIpc) is 2.33. The maximum absolute atomic E-state index is 11.7. The van der Waals surface area contributed by atoms with Gasteiger partial charge in [-0.05, 0) is 0 Å². The summed E-state index contributed by atoms with van der Waals surface area (Å²) in [4.78, 5) is 17.7. The fourth-order valence-corrected chi connectivity index (χ4v) is 2.16. The van der Waals surface area contributed by atoms with E-state index in [1.54, 1.807) is 30.3 Å². The van der Waals surface area contributed by atoms with Gasteiger partial charge in [0.15, 0.2) is 0 Å². The monoisotopic (exact) mass is 282 g/mol. The van der Waals surface area contributed by atoms with Crippen LogP contribution in [0.15, 0.2) is 35.1 Å². The molecule has 100 valence electrons. The van der Waals surface area contributed by atoms with Crippen LogP contribution in [0.1, 0.15) is 5.56 Å². The Labute approximate surface area is 108 Å². The number of nitrogens with zero attached hydrogens (tertiary/aromatic N) is 1. The fraction of sp³-hybridized carbons (Fsp3) is 0.0909. The predicted octanol–water partition coefficient (Wildman–Crippen LogP) is 0.530. The number of aromatic nitrogens is 2. The van der Waals surface area contributed by atoms with Crippen LogP contribution in [0.25, 0.3) is 11.4 Å². The van der Waals surface area contributed by atoms with Crippen molar-refractivity contribution in [3.05, 3.63) is 46.2 Å². The predicted molar refractivity (Wildman–Crippen MR) is 67.2 cm³/mol. The van der Waals surface area contributed by atoms with Crippen molar-refractivity contribution in [1.82, 2.24) is 9.97 Å². The minimum absolute atomic E-state index is 0.113. The van der Waals surface area contributed by atoms with E-state index in [-0.39, 0.29) is 5.82 Å². The highest BCUT2D eigenvalue weighted by Crippen LogP contribution is 2.18. The number of nitrogens with one attached hydrogen (secondary N) is 1. The van der Waals surface area contributed by atoms with E-state index >= 15 is 0 Å². The molecule has 8 heteroatoms. The molecular weight excluding hydrogens is 272 g/mol. The molecule has 0 aliphatic carbocycles. The highest BCUT2D eigenvalue weighted by Gasteiger charge is 2.17. The minimum Gasteiger partial charge on any atom is -0.493 e. The highest BCUT2D eigenvalue weighted by molar-refractivity contribution is 7.85. The molecule has 0 unspecified atom stereocenters. The molecular formula is C11H10N2O5S. The van der Waals surface area contributed by atoms with E-state index in [2.05, 4.69) is 9.97 Å². The lowest BCUT2D eigenvalue weighted by Gasteiger charge is -2.04. The fourth-order valence-electron chi connectivity index (χ4n) is 1.53. The number of H-pyrrole nitrogens is 1. The third-order valence-electron chi connectivity index (χ3n) is 2.37. The Hall–Kier alpha value is -2.19. The molecule has 0 spiro atoms. The first-order chi connectivity index (χ1) is 8.87. The standard InChI is InChI=1S/C11H10N2O5S/c14-10-8(6-19(16,17)18)11(15)13-9(12-10)7-4-2-1-3-5-7/h1-5H,6H2,(H,16,17,18)(H2,12,13,14,15). The molecule has 0 radical (unpaired) electrons. The van der Waals surface area contributed by atoms with E-state index in [9.17, 15) is 18.3 Å². The summed E-state index contributed by atoms with van der Waals surface area (Å²) < 4.78 is 30.1. The second-order valence-electron chi connectivity index (χ2n) is 3.81. The Morgan fingerprint density at radius 3 is 2.37 bits per heavy atom. The smallest absolute Gasteiger partial charge is 0.269 e.